The second-order valence-electron chi connectivity index (χ2n) is 6.26. The number of nitrogens with one attached hydrogen (secondary N) is 1. The fraction of sp³-hybridized carbons (Fsp3) is 0.200. The maximum atomic E-state index is 13.1. The van der Waals surface area contributed by atoms with E-state index in [-0.39, 0.29) is 23.7 Å². The van der Waals surface area contributed by atoms with Gasteiger partial charge in [-0.3, -0.25) is 4.79 Å². The smallest absolute Gasteiger partial charge is 0.254 e. The van der Waals surface area contributed by atoms with Crippen LogP contribution in [0.3, 0.4) is 0 Å². The minimum atomic E-state index is -0.290. The van der Waals surface area contributed by atoms with Crippen molar-refractivity contribution < 1.29 is 9.18 Å². The van der Waals surface area contributed by atoms with E-state index in [0.717, 1.165) is 11.3 Å². The third-order valence-corrected chi connectivity index (χ3v) is 4.05. The first kappa shape index (κ1) is 16.9. The standard InChI is InChI=1S/C20H20FN3O/c1-14(2)19(15-8-10-17(21)11-9-15)23-20(25)16-12-22-24(13-16)18-6-4-3-5-7-18/h3-14,19H,1-2H3,(H,23,25). The number of hydrogen-bond donors (Lipinski definition) is 1. The second kappa shape index (κ2) is 7.30. The Hall–Kier alpha value is -2.95. The molecule has 0 saturated heterocycles. The lowest BCUT2D eigenvalue weighted by Gasteiger charge is -2.22. The number of aromatic nitrogens is 2. The van der Waals surface area contributed by atoms with Crippen molar-refractivity contribution in [1.82, 2.24) is 15.1 Å². The number of benzene rings is 2. The van der Waals surface area contributed by atoms with Crippen molar-refractivity contribution in [2.45, 2.75) is 19.9 Å². The van der Waals surface area contributed by atoms with Crippen LogP contribution in [0.2, 0.25) is 0 Å². The monoisotopic (exact) mass is 337 g/mol. The predicted octanol–water partition coefficient (Wildman–Crippen LogP) is 4.14. The van der Waals surface area contributed by atoms with Crippen LogP contribution < -0.4 is 5.32 Å². The van der Waals surface area contributed by atoms with Crippen LogP contribution in [0.4, 0.5) is 4.39 Å². The lowest BCUT2D eigenvalue weighted by atomic mass is 9.96. The highest BCUT2D eigenvalue weighted by atomic mass is 19.1. The third kappa shape index (κ3) is 3.94. The van der Waals surface area contributed by atoms with E-state index in [0.29, 0.717) is 5.56 Å². The quantitative estimate of drug-likeness (QED) is 0.761. The summed E-state index contributed by atoms with van der Waals surface area (Å²) < 4.78 is 14.8. The van der Waals surface area contributed by atoms with Crippen LogP contribution in [0.1, 0.15) is 35.8 Å². The Labute approximate surface area is 146 Å². The minimum absolute atomic E-state index is 0.165. The largest absolute Gasteiger partial charge is 0.345 e. The molecule has 0 fully saturated rings. The van der Waals surface area contributed by atoms with Gasteiger partial charge in [0.25, 0.3) is 5.91 Å². The molecule has 1 unspecified atom stereocenters. The van der Waals surface area contributed by atoms with Gasteiger partial charge in [-0.05, 0) is 35.7 Å². The van der Waals surface area contributed by atoms with Crippen molar-refractivity contribution in [1.29, 1.82) is 0 Å². The number of halogens is 1. The molecule has 128 valence electrons. The summed E-state index contributed by atoms with van der Waals surface area (Å²) in [7, 11) is 0. The van der Waals surface area contributed by atoms with Crippen molar-refractivity contribution in [3.05, 3.63) is 83.9 Å². The van der Waals surface area contributed by atoms with Crippen LogP contribution in [0, 0.1) is 11.7 Å². The van der Waals surface area contributed by atoms with E-state index in [9.17, 15) is 9.18 Å². The fourth-order valence-corrected chi connectivity index (χ4v) is 2.69. The first-order valence-electron chi connectivity index (χ1n) is 8.21. The number of carbonyl (C=O) groups is 1. The molecule has 1 N–H and O–H groups in total. The SMILES string of the molecule is CC(C)C(NC(=O)c1cnn(-c2ccccc2)c1)c1ccc(F)cc1. The first-order chi connectivity index (χ1) is 12.0. The van der Waals surface area contributed by atoms with Crippen LogP contribution >= 0.6 is 0 Å². The average Bonchev–Trinajstić information content (AvgIpc) is 3.11. The molecule has 0 aliphatic heterocycles. The maximum Gasteiger partial charge on any atom is 0.254 e. The van der Waals surface area contributed by atoms with E-state index in [2.05, 4.69) is 10.4 Å². The highest BCUT2D eigenvalue weighted by molar-refractivity contribution is 5.94. The van der Waals surface area contributed by atoms with Gasteiger partial charge in [0.05, 0.1) is 23.5 Å². The van der Waals surface area contributed by atoms with Gasteiger partial charge in [-0.1, -0.05) is 44.2 Å². The van der Waals surface area contributed by atoms with Crippen molar-refractivity contribution in [3.63, 3.8) is 0 Å². The summed E-state index contributed by atoms with van der Waals surface area (Å²) in [5.41, 5.74) is 2.25. The van der Waals surface area contributed by atoms with Gasteiger partial charge in [0.15, 0.2) is 0 Å². The van der Waals surface area contributed by atoms with Gasteiger partial charge in [0.2, 0.25) is 0 Å². The van der Waals surface area contributed by atoms with E-state index >= 15 is 0 Å². The number of hydrogen-bond acceptors (Lipinski definition) is 2. The highest BCUT2D eigenvalue weighted by Crippen LogP contribution is 2.22. The van der Waals surface area contributed by atoms with Crippen molar-refractivity contribution in [3.8, 4) is 5.69 Å². The maximum absolute atomic E-state index is 13.1. The van der Waals surface area contributed by atoms with Crippen molar-refractivity contribution in [2.24, 2.45) is 5.92 Å². The van der Waals surface area contributed by atoms with Crippen LogP contribution in [0.5, 0.6) is 0 Å². The molecule has 0 saturated carbocycles. The molecule has 1 amide bonds. The molecular weight excluding hydrogens is 317 g/mol. The summed E-state index contributed by atoms with van der Waals surface area (Å²) in [6, 6.07) is 15.6. The summed E-state index contributed by atoms with van der Waals surface area (Å²) in [6.45, 7) is 4.03. The molecule has 0 aliphatic rings. The summed E-state index contributed by atoms with van der Waals surface area (Å²) in [4.78, 5) is 12.6. The Bertz CT molecular complexity index is 841. The van der Waals surface area contributed by atoms with Crippen LogP contribution in [-0.4, -0.2) is 15.7 Å². The molecule has 5 heteroatoms. The molecule has 1 heterocycles. The molecule has 25 heavy (non-hydrogen) atoms. The summed E-state index contributed by atoms with van der Waals surface area (Å²) in [5.74, 6) is -0.328. The summed E-state index contributed by atoms with van der Waals surface area (Å²) in [6.07, 6.45) is 3.25. The number of nitrogens with zero attached hydrogens (tertiary/aromatic N) is 2. The molecule has 0 spiro atoms. The van der Waals surface area contributed by atoms with Crippen LogP contribution in [0.15, 0.2) is 67.0 Å². The molecule has 0 aliphatic carbocycles. The number of rotatable bonds is 5. The average molecular weight is 337 g/mol. The Kier molecular flexibility index (Phi) is 4.93. The van der Waals surface area contributed by atoms with Crippen molar-refractivity contribution >= 4 is 5.91 Å². The molecule has 0 radical (unpaired) electrons. The molecule has 1 atom stereocenters. The zero-order chi connectivity index (χ0) is 17.8. The lowest BCUT2D eigenvalue weighted by molar-refractivity contribution is 0.0925. The van der Waals surface area contributed by atoms with Gasteiger partial charge in [-0.2, -0.15) is 5.10 Å². The van der Waals surface area contributed by atoms with E-state index in [1.165, 1.54) is 12.1 Å². The Morgan fingerprint density at radius 2 is 1.76 bits per heavy atom. The topological polar surface area (TPSA) is 46.9 Å². The molecule has 2 aromatic carbocycles. The molecule has 1 aromatic heterocycles. The number of amides is 1. The Morgan fingerprint density at radius 1 is 1.08 bits per heavy atom. The number of para-hydroxylation sites is 1. The number of carbonyl (C=O) groups excluding carboxylic acids is 1. The van der Waals surface area contributed by atoms with Crippen molar-refractivity contribution in [2.75, 3.05) is 0 Å². The summed E-state index contributed by atoms with van der Waals surface area (Å²) >= 11 is 0. The molecule has 3 aromatic rings. The molecular formula is C20H20FN3O. The lowest BCUT2D eigenvalue weighted by Crippen LogP contribution is -2.31. The zero-order valence-corrected chi connectivity index (χ0v) is 14.2. The highest BCUT2D eigenvalue weighted by Gasteiger charge is 2.20. The molecule has 4 nitrogen and oxygen atoms in total. The molecule has 0 bridgehead atoms. The molecule has 3 rings (SSSR count). The van der Waals surface area contributed by atoms with E-state index in [1.54, 1.807) is 29.2 Å². The second-order valence-corrected chi connectivity index (χ2v) is 6.26. The van der Waals surface area contributed by atoms with Crippen LogP contribution in [0.25, 0.3) is 5.69 Å². The van der Waals surface area contributed by atoms with Gasteiger partial charge in [-0.25, -0.2) is 9.07 Å². The zero-order valence-electron chi connectivity index (χ0n) is 14.2. The van der Waals surface area contributed by atoms with Crippen LogP contribution in [-0.2, 0) is 0 Å². The van der Waals surface area contributed by atoms with E-state index in [1.807, 2.05) is 44.2 Å². The van der Waals surface area contributed by atoms with Gasteiger partial charge < -0.3 is 5.32 Å². The third-order valence-electron chi connectivity index (χ3n) is 4.05. The Balaban J connectivity index is 1.78. The Morgan fingerprint density at radius 3 is 2.40 bits per heavy atom. The van der Waals surface area contributed by atoms with Gasteiger partial charge in [-0.15, -0.1) is 0 Å². The summed E-state index contributed by atoms with van der Waals surface area (Å²) in [5, 5.41) is 7.27. The predicted molar refractivity (Wildman–Crippen MR) is 95.0 cm³/mol. The minimum Gasteiger partial charge on any atom is -0.345 e. The normalized spacial score (nSPS) is 12.2. The van der Waals surface area contributed by atoms with Gasteiger partial charge in [0.1, 0.15) is 5.82 Å². The fourth-order valence-electron chi connectivity index (χ4n) is 2.69. The van der Waals surface area contributed by atoms with Gasteiger partial charge in [0, 0.05) is 6.20 Å². The van der Waals surface area contributed by atoms with Gasteiger partial charge >= 0.3 is 0 Å². The van der Waals surface area contributed by atoms with E-state index < -0.39 is 0 Å². The van der Waals surface area contributed by atoms with E-state index in [4.69, 9.17) is 0 Å². The first-order valence-corrected chi connectivity index (χ1v) is 8.21.